The molecular weight excluding hydrogens is 306 g/mol. The maximum Gasteiger partial charge on any atom is 0.261 e. The lowest BCUT2D eigenvalue weighted by molar-refractivity contribution is 0.0943. The molecule has 0 bridgehead atoms. The van der Waals surface area contributed by atoms with Gasteiger partial charge in [-0.3, -0.25) is 4.79 Å². The summed E-state index contributed by atoms with van der Waals surface area (Å²) in [5, 5.41) is 3.01. The average Bonchev–Trinajstić information content (AvgIpc) is 2.65. The lowest BCUT2D eigenvalue weighted by Gasteiger charge is -2.12. The number of thioether (sulfide) groups is 1. The van der Waals surface area contributed by atoms with Crippen LogP contribution in [0.3, 0.4) is 0 Å². The first-order valence-corrected chi connectivity index (χ1v) is 8.03. The highest BCUT2D eigenvalue weighted by Crippen LogP contribution is 2.22. The molecule has 0 spiro atoms. The van der Waals surface area contributed by atoms with Gasteiger partial charge in [0.15, 0.2) is 0 Å². The first kappa shape index (κ1) is 14.1. The van der Waals surface area contributed by atoms with E-state index >= 15 is 0 Å². The number of rotatable bonds is 6. The van der Waals surface area contributed by atoms with Crippen molar-refractivity contribution in [1.82, 2.24) is 5.32 Å². The second-order valence-corrected chi connectivity index (χ2v) is 7.32. The van der Waals surface area contributed by atoms with Crippen molar-refractivity contribution < 1.29 is 4.79 Å². The Labute approximate surface area is 113 Å². The van der Waals surface area contributed by atoms with E-state index in [0.717, 1.165) is 26.6 Å². The molecule has 1 unspecified atom stereocenters. The van der Waals surface area contributed by atoms with Crippen LogP contribution < -0.4 is 5.32 Å². The molecule has 0 fully saturated rings. The summed E-state index contributed by atoms with van der Waals surface area (Å²) < 4.78 is 0.992. The van der Waals surface area contributed by atoms with Crippen molar-refractivity contribution in [1.29, 1.82) is 0 Å². The van der Waals surface area contributed by atoms with E-state index in [0.29, 0.717) is 0 Å². The highest BCUT2D eigenvalue weighted by Gasteiger charge is 2.11. The fourth-order valence-corrected chi connectivity index (χ4v) is 3.31. The third-order valence-electron chi connectivity index (χ3n) is 2.07. The largest absolute Gasteiger partial charge is 0.349 e. The molecule has 90 valence electrons. The van der Waals surface area contributed by atoms with Gasteiger partial charge in [-0.25, -0.2) is 0 Å². The molecule has 0 aliphatic rings. The fourth-order valence-electron chi connectivity index (χ4n) is 1.21. The van der Waals surface area contributed by atoms with Crippen LogP contribution in [0.25, 0.3) is 0 Å². The van der Waals surface area contributed by atoms with Crippen LogP contribution in [0, 0.1) is 0 Å². The van der Waals surface area contributed by atoms with E-state index in [4.69, 9.17) is 0 Å². The van der Waals surface area contributed by atoms with Gasteiger partial charge in [0.2, 0.25) is 0 Å². The van der Waals surface area contributed by atoms with Crippen LogP contribution in [0.4, 0.5) is 0 Å². The Morgan fingerprint density at radius 1 is 1.62 bits per heavy atom. The summed E-state index contributed by atoms with van der Waals surface area (Å²) in [7, 11) is 0. The first-order valence-electron chi connectivity index (χ1n) is 5.27. The molecule has 1 aromatic rings. The second kappa shape index (κ2) is 7.35. The Balaban J connectivity index is 2.33. The van der Waals surface area contributed by atoms with Gasteiger partial charge in [0.1, 0.15) is 0 Å². The van der Waals surface area contributed by atoms with Crippen molar-refractivity contribution in [2.75, 3.05) is 11.5 Å². The van der Waals surface area contributed by atoms with E-state index in [1.165, 1.54) is 11.3 Å². The van der Waals surface area contributed by atoms with Crippen LogP contribution in [0.2, 0.25) is 0 Å². The van der Waals surface area contributed by atoms with E-state index < -0.39 is 0 Å². The molecule has 1 atom stereocenters. The summed E-state index contributed by atoms with van der Waals surface area (Å²) >= 11 is 6.73. The minimum atomic E-state index is 0.0321. The second-order valence-electron chi connectivity index (χ2n) is 3.46. The molecule has 0 aliphatic heterocycles. The maximum absolute atomic E-state index is 11.8. The summed E-state index contributed by atoms with van der Waals surface area (Å²) in [4.78, 5) is 12.5. The molecule has 0 aromatic carbocycles. The molecule has 1 heterocycles. The van der Waals surface area contributed by atoms with Crippen molar-refractivity contribution in [3.05, 3.63) is 20.8 Å². The highest BCUT2D eigenvalue weighted by molar-refractivity contribution is 9.11. The van der Waals surface area contributed by atoms with Crippen molar-refractivity contribution in [3.8, 4) is 0 Å². The zero-order valence-electron chi connectivity index (χ0n) is 9.46. The number of carbonyl (C=O) groups is 1. The van der Waals surface area contributed by atoms with Gasteiger partial charge in [-0.15, -0.1) is 11.3 Å². The van der Waals surface area contributed by atoms with Gasteiger partial charge >= 0.3 is 0 Å². The van der Waals surface area contributed by atoms with Crippen LogP contribution >= 0.6 is 39.0 Å². The molecule has 1 amide bonds. The summed E-state index contributed by atoms with van der Waals surface area (Å²) in [6.07, 6.45) is 1.02. The Hall–Kier alpha value is -0.0000000000000000833. The van der Waals surface area contributed by atoms with Crippen LogP contribution in [0.1, 0.15) is 29.9 Å². The normalized spacial score (nSPS) is 12.4. The Morgan fingerprint density at radius 2 is 2.38 bits per heavy atom. The predicted molar refractivity (Wildman–Crippen MR) is 76.6 cm³/mol. The van der Waals surface area contributed by atoms with Gasteiger partial charge in [-0.05, 0) is 52.9 Å². The zero-order chi connectivity index (χ0) is 12.0. The summed E-state index contributed by atoms with van der Waals surface area (Å²) in [6, 6.07) is 3.99. The molecule has 5 heteroatoms. The molecule has 1 N–H and O–H groups in total. The van der Waals surface area contributed by atoms with E-state index in [1.54, 1.807) is 0 Å². The van der Waals surface area contributed by atoms with E-state index in [1.807, 2.05) is 23.9 Å². The predicted octanol–water partition coefficient (Wildman–Crippen LogP) is 3.77. The third-order valence-corrected chi connectivity index (χ3v) is 4.63. The SMILES string of the molecule is CCSCCC(C)NC(=O)c1ccc(Br)s1. The van der Waals surface area contributed by atoms with Gasteiger partial charge in [-0.1, -0.05) is 6.92 Å². The van der Waals surface area contributed by atoms with Gasteiger partial charge < -0.3 is 5.32 Å². The lowest BCUT2D eigenvalue weighted by Crippen LogP contribution is -2.32. The van der Waals surface area contributed by atoms with Crippen molar-refractivity contribution in [3.63, 3.8) is 0 Å². The van der Waals surface area contributed by atoms with Crippen molar-refractivity contribution >= 4 is 44.9 Å². The molecule has 0 aliphatic carbocycles. The monoisotopic (exact) mass is 321 g/mol. The molecule has 0 radical (unpaired) electrons. The van der Waals surface area contributed by atoms with Gasteiger partial charge in [0.05, 0.1) is 8.66 Å². The Morgan fingerprint density at radius 3 is 2.94 bits per heavy atom. The lowest BCUT2D eigenvalue weighted by atomic mass is 10.2. The highest BCUT2D eigenvalue weighted by atomic mass is 79.9. The minimum Gasteiger partial charge on any atom is -0.349 e. The molecule has 0 saturated carbocycles. The molecular formula is C11H16BrNOS2. The maximum atomic E-state index is 11.8. The minimum absolute atomic E-state index is 0.0321. The quantitative estimate of drug-likeness (QED) is 0.808. The van der Waals surface area contributed by atoms with Crippen LogP contribution in [-0.2, 0) is 0 Å². The van der Waals surface area contributed by atoms with Crippen LogP contribution in [-0.4, -0.2) is 23.5 Å². The van der Waals surface area contributed by atoms with Gasteiger partial charge in [0.25, 0.3) is 5.91 Å². The number of nitrogens with one attached hydrogen (secondary N) is 1. The standard InChI is InChI=1S/C11H16BrNOS2/c1-3-15-7-6-8(2)13-11(14)9-4-5-10(12)16-9/h4-5,8H,3,6-7H2,1-2H3,(H,13,14). The smallest absolute Gasteiger partial charge is 0.261 e. The number of amides is 1. The number of halogens is 1. The molecule has 16 heavy (non-hydrogen) atoms. The molecule has 2 nitrogen and oxygen atoms in total. The summed E-state index contributed by atoms with van der Waals surface area (Å²) in [6.45, 7) is 4.20. The van der Waals surface area contributed by atoms with E-state index in [2.05, 4.69) is 35.1 Å². The third kappa shape index (κ3) is 4.89. The number of hydrogen-bond acceptors (Lipinski definition) is 3. The Kier molecular flexibility index (Phi) is 6.46. The summed E-state index contributed by atoms with van der Waals surface area (Å²) in [5.41, 5.74) is 0. The van der Waals surface area contributed by atoms with Gasteiger partial charge in [-0.2, -0.15) is 11.8 Å². The van der Waals surface area contributed by atoms with Crippen molar-refractivity contribution in [2.45, 2.75) is 26.3 Å². The fraction of sp³-hybridized carbons (Fsp3) is 0.545. The number of hydrogen-bond donors (Lipinski definition) is 1. The average molecular weight is 322 g/mol. The van der Waals surface area contributed by atoms with Gasteiger partial charge in [0, 0.05) is 6.04 Å². The van der Waals surface area contributed by atoms with E-state index in [-0.39, 0.29) is 11.9 Å². The van der Waals surface area contributed by atoms with Crippen LogP contribution in [0.5, 0.6) is 0 Å². The molecule has 0 saturated heterocycles. The topological polar surface area (TPSA) is 29.1 Å². The zero-order valence-corrected chi connectivity index (χ0v) is 12.7. The molecule has 1 rings (SSSR count). The number of thiophene rings is 1. The Bertz CT molecular complexity index is 340. The van der Waals surface area contributed by atoms with Crippen LogP contribution in [0.15, 0.2) is 15.9 Å². The molecule has 1 aromatic heterocycles. The first-order chi connectivity index (χ1) is 7.63. The van der Waals surface area contributed by atoms with Crippen molar-refractivity contribution in [2.24, 2.45) is 0 Å². The van der Waals surface area contributed by atoms with E-state index in [9.17, 15) is 4.79 Å². The summed E-state index contributed by atoms with van der Waals surface area (Å²) in [5.74, 6) is 2.27. The number of carbonyl (C=O) groups excluding carboxylic acids is 1.